The molecule has 8 heteroatoms. The van der Waals surface area contributed by atoms with E-state index < -0.39 is 24.3 Å². The zero-order valence-corrected chi connectivity index (χ0v) is 16.3. The van der Waals surface area contributed by atoms with Crippen LogP contribution in [0.1, 0.15) is 32.3 Å². The van der Waals surface area contributed by atoms with Crippen LogP contribution >= 0.6 is 0 Å². The van der Waals surface area contributed by atoms with Crippen molar-refractivity contribution in [1.29, 1.82) is 0 Å². The molecular weight excluding hydrogens is 354 g/mol. The maximum Gasteiger partial charge on any atom is 0.315 e. The lowest BCUT2D eigenvalue weighted by molar-refractivity contribution is -0.149. The highest BCUT2D eigenvalue weighted by atomic mass is 16.5. The minimum atomic E-state index is -0.606. The summed E-state index contributed by atoms with van der Waals surface area (Å²) in [6, 6.07) is 5.22. The Bertz CT molecular complexity index is 645. The van der Waals surface area contributed by atoms with Crippen LogP contribution < -0.4 is 9.47 Å². The Morgan fingerprint density at radius 1 is 0.963 bits per heavy atom. The summed E-state index contributed by atoms with van der Waals surface area (Å²) in [5.74, 6) is -0.292. The molecule has 8 nitrogen and oxygen atoms in total. The Kier molecular flexibility index (Phi) is 9.71. The van der Waals surface area contributed by atoms with Crippen molar-refractivity contribution in [1.82, 2.24) is 4.90 Å². The number of hydrogen-bond donors (Lipinski definition) is 0. The van der Waals surface area contributed by atoms with Crippen LogP contribution in [0.3, 0.4) is 0 Å². The van der Waals surface area contributed by atoms with Gasteiger partial charge in [0.2, 0.25) is 5.91 Å². The molecule has 0 aromatic heterocycles. The van der Waals surface area contributed by atoms with Crippen LogP contribution in [0.25, 0.3) is 0 Å². The van der Waals surface area contributed by atoms with Gasteiger partial charge in [0.05, 0.1) is 33.9 Å². The van der Waals surface area contributed by atoms with Gasteiger partial charge < -0.3 is 23.8 Å². The van der Waals surface area contributed by atoms with Crippen molar-refractivity contribution in [2.45, 2.75) is 33.2 Å². The van der Waals surface area contributed by atoms with Crippen molar-refractivity contribution < 1.29 is 33.3 Å². The Hall–Kier alpha value is -2.77. The number of amides is 1. The van der Waals surface area contributed by atoms with E-state index in [4.69, 9.17) is 18.9 Å². The highest BCUT2D eigenvalue weighted by Gasteiger charge is 2.21. The first-order chi connectivity index (χ1) is 12.9. The number of carbonyl (C=O) groups is 3. The van der Waals surface area contributed by atoms with E-state index in [0.29, 0.717) is 11.5 Å². The van der Waals surface area contributed by atoms with Crippen molar-refractivity contribution in [3.05, 3.63) is 23.8 Å². The molecule has 0 N–H and O–H groups in total. The summed E-state index contributed by atoms with van der Waals surface area (Å²) in [5.41, 5.74) is 0.722. The van der Waals surface area contributed by atoms with Crippen LogP contribution in [0.2, 0.25) is 0 Å². The summed E-state index contributed by atoms with van der Waals surface area (Å²) < 4.78 is 20.3. The lowest BCUT2D eigenvalue weighted by Gasteiger charge is -2.23. The highest BCUT2D eigenvalue weighted by molar-refractivity contribution is 5.94. The van der Waals surface area contributed by atoms with Crippen molar-refractivity contribution >= 4 is 17.8 Å². The molecule has 0 bridgehead atoms. The van der Waals surface area contributed by atoms with E-state index in [2.05, 4.69) is 0 Å². The lowest BCUT2D eigenvalue weighted by atomic mass is 10.1. The normalized spacial score (nSPS) is 10.1. The fourth-order valence-electron chi connectivity index (χ4n) is 2.39. The van der Waals surface area contributed by atoms with Gasteiger partial charge >= 0.3 is 11.9 Å². The molecule has 0 aliphatic carbocycles. The number of carbonyl (C=O) groups excluding carboxylic acids is 3. The number of hydrogen-bond acceptors (Lipinski definition) is 7. The molecule has 0 saturated heterocycles. The molecule has 0 heterocycles. The van der Waals surface area contributed by atoms with E-state index >= 15 is 0 Å². The Morgan fingerprint density at radius 3 is 2.22 bits per heavy atom. The molecule has 0 radical (unpaired) electrons. The number of nitrogens with zero attached hydrogens (tertiary/aromatic N) is 1. The topological polar surface area (TPSA) is 91.4 Å². The smallest absolute Gasteiger partial charge is 0.315 e. The molecule has 150 valence electrons. The number of methoxy groups -OCH3 is 2. The molecule has 1 aromatic rings. The van der Waals surface area contributed by atoms with E-state index in [1.54, 1.807) is 39.2 Å². The molecule has 0 unspecified atom stereocenters. The van der Waals surface area contributed by atoms with Gasteiger partial charge in [-0.3, -0.25) is 14.4 Å². The minimum absolute atomic E-state index is 0.0286. The van der Waals surface area contributed by atoms with Crippen molar-refractivity contribution in [3.8, 4) is 11.5 Å². The molecule has 0 aliphatic rings. The third-order valence-corrected chi connectivity index (χ3v) is 3.70. The second kappa shape index (κ2) is 11.8. The average molecular weight is 381 g/mol. The van der Waals surface area contributed by atoms with E-state index in [0.717, 1.165) is 5.56 Å². The minimum Gasteiger partial charge on any atom is -0.497 e. The van der Waals surface area contributed by atoms with Gasteiger partial charge in [-0.25, -0.2) is 0 Å². The maximum absolute atomic E-state index is 12.5. The Labute approximate surface area is 159 Å². The van der Waals surface area contributed by atoms with Crippen LogP contribution in [0.15, 0.2) is 18.2 Å². The first-order valence-corrected chi connectivity index (χ1v) is 8.75. The first-order valence-electron chi connectivity index (χ1n) is 8.75. The summed E-state index contributed by atoms with van der Waals surface area (Å²) in [5, 5.41) is 0. The summed E-state index contributed by atoms with van der Waals surface area (Å²) in [6.07, 6.45) is -0.365. The molecule has 0 spiro atoms. The summed E-state index contributed by atoms with van der Waals surface area (Å²) in [4.78, 5) is 37.3. The van der Waals surface area contributed by atoms with Gasteiger partial charge in [-0.15, -0.1) is 0 Å². The summed E-state index contributed by atoms with van der Waals surface area (Å²) in [7, 11) is 3.06. The van der Waals surface area contributed by atoms with Crippen molar-refractivity contribution in [2.24, 2.45) is 0 Å². The van der Waals surface area contributed by atoms with Gasteiger partial charge in [0.1, 0.15) is 17.9 Å². The number of esters is 2. The Morgan fingerprint density at radius 2 is 1.63 bits per heavy atom. The number of ether oxygens (including phenoxy) is 4. The molecule has 0 aliphatic heterocycles. The van der Waals surface area contributed by atoms with Crippen LogP contribution in [-0.2, 0) is 30.4 Å². The Balaban J connectivity index is 2.94. The second-order valence-corrected chi connectivity index (χ2v) is 5.53. The molecule has 0 saturated carbocycles. The maximum atomic E-state index is 12.5. The average Bonchev–Trinajstić information content (AvgIpc) is 2.65. The van der Waals surface area contributed by atoms with Gasteiger partial charge in [0, 0.05) is 24.7 Å². The molecule has 1 aromatic carbocycles. The number of benzene rings is 1. The fraction of sp³-hybridized carbons (Fsp3) is 0.526. The van der Waals surface area contributed by atoms with E-state index in [9.17, 15) is 14.4 Å². The molecule has 1 amide bonds. The van der Waals surface area contributed by atoms with Crippen molar-refractivity contribution in [3.63, 3.8) is 0 Å². The van der Waals surface area contributed by atoms with Gasteiger partial charge in [-0.1, -0.05) is 0 Å². The second-order valence-electron chi connectivity index (χ2n) is 5.53. The van der Waals surface area contributed by atoms with Crippen LogP contribution in [-0.4, -0.2) is 56.7 Å². The first kappa shape index (κ1) is 22.3. The molecule has 1 rings (SSSR count). The molecule has 0 atom stereocenters. The van der Waals surface area contributed by atoms with E-state index in [1.165, 1.54) is 12.0 Å². The van der Waals surface area contributed by atoms with E-state index in [-0.39, 0.29) is 32.7 Å². The van der Waals surface area contributed by atoms with E-state index in [1.807, 2.05) is 0 Å². The third kappa shape index (κ3) is 7.55. The standard InChI is InChI=1S/C19H27NO7/c1-5-26-18(22)9-10-20(17(21)12-19(23)27-6-2)13-14-7-8-15(24-3)11-16(14)25-4/h7-8,11H,5-6,9-10,12-13H2,1-4H3. The number of rotatable bonds is 11. The predicted octanol–water partition coefficient (Wildman–Crippen LogP) is 1.94. The zero-order chi connectivity index (χ0) is 20.2. The molecule has 0 fully saturated rings. The largest absolute Gasteiger partial charge is 0.497 e. The van der Waals surface area contributed by atoms with Crippen LogP contribution in [0.5, 0.6) is 11.5 Å². The SMILES string of the molecule is CCOC(=O)CCN(Cc1ccc(OC)cc1OC)C(=O)CC(=O)OCC. The van der Waals surface area contributed by atoms with Crippen LogP contribution in [0.4, 0.5) is 0 Å². The quantitative estimate of drug-likeness (QED) is 0.427. The molecule has 27 heavy (non-hydrogen) atoms. The summed E-state index contributed by atoms with van der Waals surface area (Å²) >= 11 is 0. The fourth-order valence-corrected chi connectivity index (χ4v) is 2.39. The van der Waals surface area contributed by atoms with Crippen molar-refractivity contribution in [2.75, 3.05) is 34.0 Å². The molecular formula is C19H27NO7. The van der Waals surface area contributed by atoms with Gasteiger partial charge in [-0.05, 0) is 26.0 Å². The van der Waals surface area contributed by atoms with Gasteiger partial charge in [-0.2, -0.15) is 0 Å². The predicted molar refractivity (Wildman–Crippen MR) is 97.5 cm³/mol. The zero-order valence-electron chi connectivity index (χ0n) is 16.3. The van der Waals surface area contributed by atoms with Gasteiger partial charge in [0.15, 0.2) is 0 Å². The third-order valence-electron chi connectivity index (χ3n) is 3.70. The summed E-state index contributed by atoms with van der Waals surface area (Å²) in [6.45, 7) is 4.13. The monoisotopic (exact) mass is 381 g/mol. The van der Waals surface area contributed by atoms with Gasteiger partial charge in [0.25, 0.3) is 0 Å². The van der Waals surface area contributed by atoms with Crippen LogP contribution in [0, 0.1) is 0 Å². The lowest BCUT2D eigenvalue weighted by Crippen LogP contribution is -2.34. The highest BCUT2D eigenvalue weighted by Crippen LogP contribution is 2.26.